The summed E-state index contributed by atoms with van der Waals surface area (Å²) >= 11 is 5.16. The van der Waals surface area contributed by atoms with Crippen LogP contribution in [0.2, 0.25) is 0 Å². The standard InChI is InChI=1S/C30H52I2/c1-3-5-7-9-11-13-15-17-19-21-23-27-25-30(32)28(26-29(27)31)24-22-20-18-16-14-12-10-8-6-4-2/h25-26H,3-24H2,1-2H3. The molecular weight excluding hydrogens is 614 g/mol. The highest BCUT2D eigenvalue weighted by Gasteiger charge is 2.07. The molecule has 1 aromatic carbocycles. The van der Waals surface area contributed by atoms with Gasteiger partial charge in [-0.05, 0) is 94.1 Å². The highest BCUT2D eigenvalue weighted by molar-refractivity contribution is 14.1. The quantitative estimate of drug-likeness (QED) is 0.0854. The molecule has 0 unspecified atom stereocenters. The third-order valence-corrected chi connectivity index (χ3v) is 8.82. The Labute approximate surface area is 229 Å². The molecule has 0 aromatic heterocycles. The van der Waals surface area contributed by atoms with E-state index in [4.69, 9.17) is 0 Å². The number of rotatable bonds is 22. The number of aryl methyl sites for hydroxylation is 2. The maximum absolute atomic E-state index is 2.58. The summed E-state index contributed by atoms with van der Waals surface area (Å²) in [6.07, 6.45) is 31.0. The Morgan fingerprint density at radius 2 is 0.656 bits per heavy atom. The van der Waals surface area contributed by atoms with Crippen molar-refractivity contribution in [2.75, 3.05) is 0 Å². The highest BCUT2D eigenvalue weighted by atomic mass is 127. The van der Waals surface area contributed by atoms with Crippen molar-refractivity contribution >= 4 is 45.2 Å². The van der Waals surface area contributed by atoms with E-state index in [-0.39, 0.29) is 0 Å². The van der Waals surface area contributed by atoms with Crippen molar-refractivity contribution in [3.8, 4) is 0 Å². The van der Waals surface area contributed by atoms with Crippen molar-refractivity contribution in [2.45, 2.75) is 155 Å². The van der Waals surface area contributed by atoms with Crippen molar-refractivity contribution < 1.29 is 0 Å². The van der Waals surface area contributed by atoms with Gasteiger partial charge in [-0.25, -0.2) is 0 Å². The van der Waals surface area contributed by atoms with E-state index in [1.165, 1.54) is 148 Å². The molecule has 2 heteroatoms. The number of hydrogen-bond donors (Lipinski definition) is 0. The van der Waals surface area contributed by atoms with Crippen LogP contribution in [0.15, 0.2) is 12.1 Å². The van der Waals surface area contributed by atoms with Gasteiger partial charge >= 0.3 is 0 Å². The summed E-state index contributed by atoms with van der Waals surface area (Å²) in [5, 5.41) is 0. The molecule has 0 heterocycles. The molecule has 0 N–H and O–H groups in total. The topological polar surface area (TPSA) is 0 Å². The smallest absolute Gasteiger partial charge is 0.0165 e. The van der Waals surface area contributed by atoms with Crippen molar-refractivity contribution in [1.82, 2.24) is 0 Å². The normalized spacial score (nSPS) is 11.4. The first kappa shape index (κ1) is 30.7. The molecule has 0 amide bonds. The van der Waals surface area contributed by atoms with Crippen LogP contribution in [0.25, 0.3) is 0 Å². The molecule has 0 bridgehead atoms. The molecule has 0 aliphatic rings. The van der Waals surface area contributed by atoms with Gasteiger partial charge in [0.1, 0.15) is 0 Å². The SMILES string of the molecule is CCCCCCCCCCCCc1cc(I)c(CCCCCCCCCCCC)cc1I. The average Bonchev–Trinajstić information content (AvgIpc) is 2.79. The monoisotopic (exact) mass is 666 g/mol. The van der Waals surface area contributed by atoms with Gasteiger partial charge in [0.2, 0.25) is 0 Å². The summed E-state index contributed by atoms with van der Waals surface area (Å²) in [7, 11) is 0. The van der Waals surface area contributed by atoms with Gasteiger partial charge in [-0.15, -0.1) is 0 Å². The van der Waals surface area contributed by atoms with Crippen molar-refractivity contribution in [3.05, 3.63) is 30.4 Å². The van der Waals surface area contributed by atoms with Gasteiger partial charge in [0.05, 0.1) is 0 Å². The molecule has 0 spiro atoms. The summed E-state index contributed by atoms with van der Waals surface area (Å²) in [5.74, 6) is 0. The van der Waals surface area contributed by atoms with Gasteiger partial charge < -0.3 is 0 Å². The molecule has 0 atom stereocenters. The third kappa shape index (κ3) is 16.3. The summed E-state index contributed by atoms with van der Waals surface area (Å²) < 4.78 is 3.00. The van der Waals surface area contributed by atoms with Crippen LogP contribution in [-0.4, -0.2) is 0 Å². The van der Waals surface area contributed by atoms with Gasteiger partial charge in [0.15, 0.2) is 0 Å². The van der Waals surface area contributed by atoms with Gasteiger partial charge in [0, 0.05) is 7.14 Å². The van der Waals surface area contributed by atoms with Gasteiger partial charge in [-0.3, -0.25) is 0 Å². The second-order valence-corrected chi connectivity index (χ2v) is 12.2. The molecule has 0 radical (unpaired) electrons. The first-order valence-corrected chi connectivity index (χ1v) is 16.3. The van der Waals surface area contributed by atoms with Crippen LogP contribution in [0, 0.1) is 7.14 Å². The lowest BCUT2D eigenvalue weighted by Crippen LogP contribution is -1.97. The number of hydrogen-bond acceptors (Lipinski definition) is 0. The predicted molar refractivity (Wildman–Crippen MR) is 163 cm³/mol. The molecular formula is C30H52I2. The predicted octanol–water partition coefficient (Wildman–Crippen LogP) is 11.8. The van der Waals surface area contributed by atoms with E-state index in [2.05, 4.69) is 71.2 Å². The van der Waals surface area contributed by atoms with E-state index < -0.39 is 0 Å². The van der Waals surface area contributed by atoms with Crippen LogP contribution in [0.1, 0.15) is 153 Å². The second kappa shape index (κ2) is 22.2. The lowest BCUT2D eigenvalue weighted by Gasteiger charge is -2.11. The Morgan fingerprint density at radius 3 is 0.938 bits per heavy atom. The van der Waals surface area contributed by atoms with Gasteiger partial charge in [0.25, 0.3) is 0 Å². The molecule has 0 saturated carbocycles. The lowest BCUT2D eigenvalue weighted by molar-refractivity contribution is 0.555. The summed E-state index contributed by atoms with van der Waals surface area (Å²) in [5.41, 5.74) is 3.17. The molecule has 0 fully saturated rings. The number of halogens is 2. The Balaban J connectivity index is 2.11. The fourth-order valence-corrected chi connectivity index (χ4v) is 6.22. The van der Waals surface area contributed by atoms with Crippen LogP contribution < -0.4 is 0 Å². The molecule has 0 aliphatic carbocycles. The van der Waals surface area contributed by atoms with Crippen molar-refractivity contribution in [3.63, 3.8) is 0 Å². The molecule has 32 heavy (non-hydrogen) atoms. The molecule has 1 rings (SSSR count). The van der Waals surface area contributed by atoms with Crippen LogP contribution >= 0.6 is 45.2 Å². The summed E-state index contributed by atoms with van der Waals surface area (Å²) in [4.78, 5) is 0. The minimum absolute atomic E-state index is 1.27. The lowest BCUT2D eigenvalue weighted by atomic mass is 10.0. The van der Waals surface area contributed by atoms with E-state index >= 15 is 0 Å². The Hall–Kier alpha value is 0.680. The van der Waals surface area contributed by atoms with E-state index in [0.717, 1.165) is 0 Å². The first-order valence-electron chi connectivity index (χ1n) is 14.2. The van der Waals surface area contributed by atoms with Gasteiger partial charge in [-0.1, -0.05) is 129 Å². The number of unbranched alkanes of at least 4 members (excludes halogenated alkanes) is 18. The largest absolute Gasteiger partial charge is 0.0654 e. The Morgan fingerprint density at radius 1 is 0.406 bits per heavy atom. The van der Waals surface area contributed by atoms with Crippen LogP contribution in [-0.2, 0) is 12.8 Å². The molecule has 0 aliphatic heterocycles. The van der Waals surface area contributed by atoms with E-state index in [0.29, 0.717) is 0 Å². The zero-order valence-corrected chi connectivity index (χ0v) is 25.8. The van der Waals surface area contributed by atoms with Crippen LogP contribution in [0.3, 0.4) is 0 Å². The molecule has 0 nitrogen and oxygen atoms in total. The average molecular weight is 667 g/mol. The second-order valence-electron chi connectivity index (χ2n) is 9.90. The van der Waals surface area contributed by atoms with Crippen LogP contribution in [0.5, 0.6) is 0 Å². The summed E-state index contributed by atoms with van der Waals surface area (Å²) in [6, 6.07) is 4.98. The Bertz CT molecular complexity index is 502. The zero-order chi connectivity index (χ0) is 23.3. The van der Waals surface area contributed by atoms with Crippen molar-refractivity contribution in [1.29, 1.82) is 0 Å². The first-order chi connectivity index (χ1) is 15.7. The number of benzene rings is 1. The van der Waals surface area contributed by atoms with E-state index in [9.17, 15) is 0 Å². The summed E-state index contributed by atoms with van der Waals surface area (Å²) in [6.45, 7) is 4.60. The van der Waals surface area contributed by atoms with Crippen molar-refractivity contribution in [2.24, 2.45) is 0 Å². The molecule has 0 saturated heterocycles. The fourth-order valence-electron chi connectivity index (χ4n) is 4.62. The van der Waals surface area contributed by atoms with Crippen LogP contribution in [0.4, 0.5) is 0 Å². The minimum atomic E-state index is 1.27. The molecule has 186 valence electrons. The Kier molecular flexibility index (Phi) is 21.3. The minimum Gasteiger partial charge on any atom is -0.0654 e. The zero-order valence-electron chi connectivity index (χ0n) is 21.5. The highest BCUT2D eigenvalue weighted by Crippen LogP contribution is 2.24. The maximum Gasteiger partial charge on any atom is 0.0165 e. The van der Waals surface area contributed by atoms with Gasteiger partial charge in [-0.2, -0.15) is 0 Å². The fraction of sp³-hybridized carbons (Fsp3) is 0.800. The van der Waals surface area contributed by atoms with E-state index in [1.54, 1.807) is 11.1 Å². The maximum atomic E-state index is 2.58. The third-order valence-electron chi connectivity index (χ3n) is 6.81. The molecule has 1 aromatic rings. The van der Waals surface area contributed by atoms with E-state index in [1.807, 2.05) is 0 Å².